The average Bonchev–Trinajstić information content (AvgIpc) is 2.19. The van der Waals surface area contributed by atoms with E-state index in [1.807, 2.05) is 19.1 Å². The highest BCUT2D eigenvalue weighted by atomic mass is 16.5. The van der Waals surface area contributed by atoms with Gasteiger partial charge in [0.05, 0.1) is 13.2 Å². The minimum Gasteiger partial charge on any atom is -0.382 e. The first kappa shape index (κ1) is 13.1. The molecule has 1 N–H and O–H groups in total. The van der Waals surface area contributed by atoms with Crippen molar-refractivity contribution < 1.29 is 14.3 Å². The molecule has 0 atom stereocenters. The van der Waals surface area contributed by atoms with Crippen molar-refractivity contribution >= 4 is 5.91 Å². The molecule has 0 rings (SSSR count). The molecule has 0 aliphatic heterocycles. The molecule has 0 saturated heterocycles. The molecule has 4 heteroatoms. The van der Waals surface area contributed by atoms with Crippen LogP contribution in [0.2, 0.25) is 0 Å². The summed E-state index contributed by atoms with van der Waals surface area (Å²) < 4.78 is 9.81. The minimum absolute atomic E-state index is 0.0781. The van der Waals surface area contributed by atoms with Crippen molar-refractivity contribution in [2.75, 3.05) is 33.5 Å². The van der Waals surface area contributed by atoms with E-state index in [1.54, 1.807) is 7.11 Å². The van der Waals surface area contributed by atoms with E-state index < -0.39 is 0 Å². The molecule has 0 aromatic heterocycles. The highest BCUT2D eigenvalue weighted by Crippen LogP contribution is 1.81. The topological polar surface area (TPSA) is 47.6 Å². The molecule has 4 nitrogen and oxygen atoms in total. The largest absolute Gasteiger partial charge is 0.382 e. The minimum atomic E-state index is -0.0781. The van der Waals surface area contributed by atoms with Crippen LogP contribution in [0.1, 0.15) is 13.3 Å². The van der Waals surface area contributed by atoms with E-state index >= 15 is 0 Å². The summed E-state index contributed by atoms with van der Waals surface area (Å²) in [5.74, 6) is -0.0781. The van der Waals surface area contributed by atoms with E-state index in [9.17, 15) is 4.79 Å². The lowest BCUT2D eigenvalue weighted by Crippen LogP contribution is -2.28. The number of rotatable bonds is 8. The third-order valence-electron chi connectivity index (χ3n) is 1.53. The van der Waals surface area contributed by atoms with Crippen LogP contribution in [0.4, 0.5) is 0 Å². The number of allylic oxidation sites excluding steroid dienone is 1. The lowest BCUT2D eigenvalue weighted by Gasteiger charge is -2.04. The van der Waals surface area contributed by atoms with Crippen LogP contribution in [-0.2, 0) is 14.3 Å². The molecule has 0 heterocycles. The third kappa shape index (κ3) is 9.22. The standard InChI is InChI=1S/C10H19NO3/c1-3-4-5-6-11-10(12)9-14-8-7-13-2/h3-4H,5-9H2,1-2H3,(H,11,12)/b4-3+. The Morgan fingerprint density at radius 2 is 2.21 bits per heavy atom. The molecular formula is C10H19NO3. The van der Waals surface area contributed by atoms with Gasteiger partial charge in [-0.3, -0.25) is 4.79 Å². The number of nitrogens with one attached hydrogen (secondary N) is 1. The second-order valence-electron chi connectivity index (χ2n) is 2.75. The Morgan fingerprint density at radius 1 is 1.43 bits per heavy atom. The van der Waals surface area contributed by atoms with Gasteiger partial charge in [-0.2, -0.15) is 0 Å². The first-order chi connectivity index (χ1) is 6.81. The molecule has 0 aliphatic carbocycles. The van der Waals surface area contributed by atoms with Gasteiger partial charge in [0, 0.05) is 13.7 Å². The maximum Gasteiger partial charge on any atom is 0.246 e. The summed E-state index contributed by atoms with van der Waals surface area (Å²) in [4.78, 5) is 11.1. The van der Waals surface area contributed by atoms with Gasteiger partial charge >= 0.3 is 0 Å². The predicted octanol–water partition coefficient (Wildman–Crippen LogP) is 0.732. The van der Waals surface area contributed by atoms with E-state index in [-0.39, 0.29) is 12.5 Å². The van der Waals surface area contributed by atoms with Crippen LogP contribution >= 0.6 is 0 Å². The first-order valence-corrected chi connectivity index (χ1v) is 4.75. The van der Waals surface area contributed by atoms with Gasteiger partial charge in [-0.25, -0.2) is 0 Å². The maximum atomic E-state index is 11.1. The lowest BCUT2D eigenvalue weighted by atomic mass is 10.4. The monoisotopic (exact) mass is 201 g/mol. The third-order valence-corrected chi connectivity index (χ3v) is 1.53. The van der Waals surface area contributed by atoms with Crippen molar-refractivity contribution in [2.45, 2.75) is 13.3 Å². The molecule has 82 valence electrons. The SMILES string of the molecule is C/C=C/CCNC(=O)COCCOC. The fourth-order valence-electron chi connectivity index (χ4n) is 0.820. The Kier molecular flexibility index (Phi) is 9.58. The molecule has 0 spiro atoms. The molecule has 0 unspecified atom stereocenters. The summed E-state index contributed by atoms with van der Waals surface area (Å²) in [6.07, 6.45) is 4.83. The molecule has 0 aliphatic rings. The molecule has 0 aromatic rings. The van der Waals surface area contributed by atoms with Crippen molar-refractivity contribution in [3.8, 4) is 0 Å². The lowest BCUT2D eigenvalue weighted by molar-refractivity contribution is -0.126. The zero-order chi connectivity index (χ0) is 10.6. The van der Waals surface area contributed by atoms with Crippen LogP contribution in [0.3, 0.4) is 0 Å². The number of amides is 1. The van der Waals surface area contributed by atoms with Crippen LogP contribution in [0.5, 0.6) is 0 Å². The second-order valence-corrected chi connectivity index (χ2v) is 2.75. The van der Waals surface area contributed by atoms with E-state index in [0.717, 1.165) is 6.42 Å². The number of methoxy groups -OCH3 is 1. The van der Waals surface area contributed by atoms with Gasteiger partial charge in [0.1, 0.15) is 6.61 Å². The smallest absolute Gasteiger partial charge is 0.246 e. The quantitative estimate of drug-likeness (QED) is 0.465. The number of carbonyl (C=O) groups is 1. The fourth-order valence-corrected chi connectivity index (χ4v) is 0.820. The second kappa shape index (κ2) is 10.2. The van der Waals surface area contributed by atoms with Gasteiger partial charge < -0.3 is 14.8 Å². The molecule has 0 bridgehead atoms. The summed E-state index contributed by atoms with van der Waals surface area (Å²) in [5.41, 5.74) is 0. The summed E-state index contributed by atoms with van der Waals surface area (Å²) >= 11 is 0. The Balaban J connectivity index is 3.19. The number of carbonyl (C=O) groups excluding carboxylic acids is 1. The van der Waals surface area contributed by atoms with Crippen LogP contribution in [0.25, 0.3) is 0 Å². The normalized spacial score (nSPS) is 10.7. The van der Waals surface area contributed by atoms with E-state index in [1.165, 1.54) is 0 Å². The van der Waals surface area contributed by atoms with Gasteiger partial charge in [-0.15, -0.1) is 0 Å². The first-order valence-electron chi connectivity index (χ1n) is 4.75. The average molecular weight is 201 g/mol. The summed E-state index contributed by atoms with van der Waals surface area (Å²) in [6.45, 7) is 3.70. The molecule has 0 saturated carbocycles. The summed E-state index contributed by atoms with van der Waals surface area (Å²) in [5, 5.41) is 2.74. The van der Waals surface area contributed by atoms with Gasteiger partial charge in [0.15, 0.2) is 0 Å². The Labute approximate surface area is 85.3 Å². The maximum absolute atomic E-state index is 11.1. The van der Waals surface area contributed by atoms with E-state index in [0.29, 0.717) is 19.8 Å². The number of hydrogen-bond donors (Lipinski definition) is 1. The zero-order valence-corrected chi connectivity index (χ0v) is 8.91. The fraction of sp³-hybridized carbons (Fsp3) is 0.700. The van der Waals surface area contributed by atoms with Gasteiger partial charge in [-0.1, -0.05) is 12.2 Å². The molecule has 14 heavy (non-hydrogen) atoms. The number of ether oxygens (including phenoxy) is 2. The van der Waals surface area contributed by atoms with E-state index in [4.69, 9.17) is 9.47 Å². The molecule has 0 radical (unpaired) electrons. The van der Waals surface area contributed by atoms with Crippen molar-refractivity contribution in [3.05, 3.63) is 12.2 Å². The van der Waals surface area contributed by atoms with Crippen LogP contribution in [-0.4, -0.2) is 39.4 Å². The van der Waals surface area contributed by atoms with E-state index in [2.05, 4.69) is 5.32 Å². The molecular weight excluding hydrogens is 182 g/mol. The van der Waals surface area contributed by atoms with Crippen LogP contribution < -0.4 is 5.32 Å². The Hall–Kier alpha value is -0.870. The van der Waals surface area contributed by atoms with Crippen molar-refractivity contribution in [3.63, 3.8) is 0 Å². The summed E-state index contributed by atoms with van der Waals surface area (Å²) in [7, 11) is 1.60. The number of hydrogen-bond acceptors (Lipinski definition) is 3. The van der Waals surface area contributed by atoms with Crippen molar-refractivity contribution in [2.24, 2.45) is 0 Å². The highest BCUT2D eigenvalue weighted by molar-refractivity contribution is 5.77. The summed E-state index contributed by atoms with van der Waals surface area (Å²) in [6, 6.07) is 0. The molecule has 0 fully saturated rings. The van der Waals surface area contributed by atoms with Crippen LogP contribution in [0.15, 0.2) is 12.2 Å². The zero-order valence-electron chi connectivity index (χ0n) is 8.91. The predicted molar refractivity (Wildman–Crippen MR) is 55.1 cm³/mol. The van der Waals surface area contributed by atoms with Gasteiger partial charge in [0.25, 0.3) is 0 Å². The molecule has 1 amide bonds. The Morgan fingerprint density at radius 3 is 2.86 bits per heavy atom. The Bertz CT molecular complexity index is 169. The van der Waals surface area contributed by atoms with Gasteiger partial charge in [-0.05, 0) is 13.3 Å². The van der Waals surface area contributed by atoms with Crippen molar-refractivity contribution in [1.29, 1.82) is 0 Å². The van der Waals surface area contributed by atoms with Crippen LogP contribution in [0, 0.1) is 0 Å². The van der Waals surface area contributed by atoms with Crippen molar-refractivity contribution in [1.82, 2.24) is 5.32 Å². The van der Waals surface area contributed by atoms with Gasteiger partial charge in [0.2, 0.25) is 5.91 Å². The molecule has 0 aromatic carbocycles. The highest BCUT2D eigenvalue weighted by Gasteiger charge is 1.98.